The van der Waals surface area contributed by atoms with Gasteiger partial charge in [-0.25, -0.2) is 0 Å². The third-order valence-electron chi connectivity index (χ3n) is 5.33. The summed E-state index contributed by atoms with van der Waals surface area (Å²) >= 11 is 0. The first-order valence-electron chi connectivity index (χ1n) is 9.59. The van der Waals surface area contributed by atoms with Crippen LogP contribution in [0.15, 0.2) is 18.2 Å². The van der Waals surface area contributed by atoms with Crippen molar-refractivity contribution < 1.29 is 23.9 Å². The number of hydrogen-bond acceptors (Lipinski definition) is 5. The lowest BCUT2D eigenvalue weighted by Crippen LogP contribution is -2.35. The zero-order valence-corrected chi connectivity index (χ0v) is 16.3. The molecule has 3 rings (SSSR count). The number of ether oxygens (including phenoxy) is 2. The summed E-state index contributed by atoms with van der Waals surface area (Å²) in [5.41, 5.74) is 0.883. The Labute approximate surface area is 164 Å². The summed E-state index contributed by atoms with van der Waals surface area (Å²) in [5.74, 6) is -0.362. The third kappa shape index (κ3) is 4.62. The molecule has 0 aromatic heterocycles. The predicted octanol–water partition coefficient (Wildman–Crippen LogP) is 2.01. The molecule has 1 aromatic rings. The van der Waals surface area contributed by atoms with Crippen LogP contribution in [0.3, 0.4) is 0 Å². The number of nitrogens with zero attached hydrogens (tertiary/aromatic N) is 1. The standard InChI is InChI=1S/C20H27N3O5/c1-27-12-18(24)21-16-8-7-15(28-2)10-17(16)22-20(26)13-9-19(25)23(11-13)14-5-3-4-6-14/h7-8,10,13-14H,3-6,9,11-12H2,1-2H3,(H,21,24)(H,22,26). The van der Waals surface area contributed by atoms with Gasteiger partial charge in [0.2, 0.25) is 17.7 Å². The minimum Gasteiger partial charge on any atom is -0.497 e. The number of nitrogens with one attached hydrogen (secondary N) is 2. The van der Waals surface area contributed by atoms with Gasteiger partial charge in [0.05, 0.1) is 24.4 Å². The number of anilines is 2. The second-order valence-corrected chi connectivity index (χ2v) is 7.27. The van der Waals surface area contributed by atoms with Crippen molar-refractivity contribution in [1.82, 2.24) is 4.90 Å². The Bertz CT molecular complexity index is 745. The molecule has 1 saturated carbocycles. The Kier molecular flexibility index (Phi) is 6.51. The highest BCUT2D eigenvalue weighted by atomic mass is 16.5. The SMILES string of the molecule is COCC(=O)Nc1ccc(OC)cc1NC(=O)C1CC(=O)N(C2CCCC2)C1. The van der Waals surface area contributed by atoms with Gasteiger partial charge in [-0.3, -0.25) is 14.4 Å². The van der Waals surface area contributed by atoms with Crippen molar-refractivity contribution in [3.8, 4) is 5.75 Å². The maximum Gasteiger partial charge on any atom is 0.250 e. The van der Waals surface area contributed by atoms with Crippen molar-refractivity contribution in [3.63, 3.8) is 0 Å². The highest BCUT2D eigenvalue weighted by molar-refractivity contribution is 6.02. The molecule has 152 valence electrons. The first-order chi connectivity index (χ1) is 13.5. The molecule has 0 bridgehead atoms. The van der Waals surface area contributed by atoms with Crippen LogP contribution in [-0.2, 0) is 19.1 Å². The summed E-state index contributed by atoms with van der Waals surface area (Å²) in [5, 5.41) is 5.56. The van der Waals surface area contributed by atoms with Crippen LogP contribution in [0.25, 0.3) is 0 Å². The van der Waals surface area contributed by atoms with E-state index in [4.69, 9.17) is 9.47 Å². The topological polar surface area (TPSA) is 97.0 Å². The van der Waals surface area contributed by atoms with Crippen LogP contribution in [0.5, 0.6) is 5.75 Å². The second kappa shape index (κ2) is 9.05. The number of benzene rings is 1. The summed E-state index contributed by atoms with van der Waals surface area (Å²) in [4.78, 5) is 38.9. The number of methoxy groups -OCH3 is 2. The molecule has 2 fully saturated rings. The van der Waals surface area contributed by atoms with Crippen LogP contribution in [0.1, 0.15) is 32.1 Å². The molecule has 2 aliphatic rings. The highest BCUT2D eigenvalue weighted by Gasteiger charge is 2.38. The molecule has 1 aliphatic heterocycles. The van der Waals surface area contributed by atoms with Crippen LogP contribution in [-0.4, -0.2) is 56.0 Å². The van der Waals surface area contributed by atoms with Gasteiger partial charge in [-0.1, -0.05) is 12.8 Å². The van der Waals surface area contributed by atoms with Gasteiger partial charge in [0.15, 0.2) is 0 Å². The van der Waals surface area contributed by atoms with Crippen LogP contribution >= 0.6 is 0 Å². The van der Waals surface area contributed by atoms with Crippen molar-refractivity contribution in [3.05, 3.63) is 18.2 Å². The Morgan fingerprint density at radius 3 is 2.57 bits per heavy atom. The monoisotopic (exact) mass is 389 g/mol. The molecular weight excluding hydrogens is 362 g/mol. The van der Waals surface area contributed by atoms with Gasteiger partial charge in [0, 0.05) is 32.2 Å². The van der Waals surface area contributed by atoms with E-state index in [1.54, 1.807) is 18.2 Å². The van der Waals surface area contributed by atoms with Crippen LogP contribution < -0.4 is 15.4 Å². The third-order valence-corrected chi connectivity index (χ3v) is 5.33. The maximum absolute atomic E-state index is 12.8. The van der Waals surface area contributed by atoms with Crippen molar-refractivity contribution in [2.75, 3.05) is 38.0 Å². The van der Waals surface area contributed by atoms with Crippen LogP contribution in [0.4, 0.5) is 11.4 Å². The van der Waals surface area contributed by atoms with E-state index < -0.39 is 5.92 Å². The number of likely N-dealkylation sites (tertiary alicyclic amines) is 1. The Morgan fingerprint density at radius 2 is 1.89 bits per heavy atom. The quantitative estimate of drug-likeness (QED) is 0.744. The predicted molar refractivity (Wildman–Crippen MR) is 104 cm³/mol. The molecular formula is C20H27N3O5. The van der Waals surface area contributed by atoms with Gasteiger partial charge in [-0.05, 0) is 25.0 Å². The molecule has 1 saturated heterocycles. The van der Waals surface area contributed by atoms with Crippen LogP contribution in [0, 0.1) is 5.92 Å². The Balaban J connectivity index is 1.70. The number of rotatable bonds is 7. The zero-order valence-electron chi connectivity index (χ0n) is 16.3. The van der Waals surface area contributed by atoms with Crippen molar-refractivity contribution in [2.24, 2.45) is 5.92 Å². The van der Waals surface area contributed by atoms with Crippen molar-refractivity contribution in [1.29, 1.82) is 0 Å². The molecule has 28 heavy (non-hydrogen) atoms. The van der Waals surface area contributed by atoms with E-state index in [0.717, 1.165) is 25.7 Å². The second-order valence-electron chi connectivity index (χ2n) is 7.27. The highest BCUT2D eigenvalue weighted by Crippen LogP contribution is 2.32. The fourth-order valence-corrected chi connectivity index (χ4v) is 3.89. The molecule has 1 aliphatic carbocycles. The summed E-state index contributed by atoms with van der Waals surface area (Å²) in [7, 11) is 2.96. The van der Waals surface area contributed by atoms with Crippen molar-refractivity contribution in [2.45, 2.75) is 38.1 Å². The zero-order chi connectivity index (χ0) is 20.1. The summed E-state index contributed by atoms with van der Waals surface area (Å²) in [6.45, 7) is 0.359. The summed E-state index contributed by atoms with van der Waals surface area (Å²) < 4.78 is 10.0. The molecule has 0 spiro atoms. The fraction of sp³-hybridized carbons (Fsp3) is 0.550. The van der Waals surface area contributed by atoms with Gasteiger partial charge in [0.1, 0.15) is 12.4 Å². The van der Waals surface area contributed by atoms with Gasteiger partial charge in [-0.15, -0.1) is 0 Å². The lowest BCUT2D eigenvalue weighted by atomic mass is 10.1. The van der Waals surface area contributed by atoms with Gasteiger partial charge in [0.25, 0.3) is 0 Å². The lowest BCUT2D eigenvalue weighted by Gasteiger charge is -2.24. The number of carbonyl (C=O) groups is 3. The summed E-state index contributed by atoms with van der Waals surface area (Å²) in [6, 6.07) is 5.27. The van der Waals surface area contributed by atoms with Crippen molar-refractivity contribution >= 4 is 29.1 Å². The normalized spacial score (nSPS) is 19.7. The molecule has 8 nitrogen and oxygen atoms in total. The smallest absolute Gasteiger partial charge is 0.250 e. The lowest BCUT2D eigenvalue weighted by molar-refractivity contribution is -0.130. The Hall–Kier alpha value is -2.61. The maximum atomic E-state index is 12.8. The first kappa shape index (κ1) is 20.1. The molecule has 3 amide bonds. The molecule has 8 heteroatoms. The van der Waals surface area contributed by atoms with E-state index in [9.17, 15) is 14.4 Å². The van der Waals surface area contributed by atoms with E-state index in [1.165, 1.54) is 14.2 Å². The Morgan fingerprint density at radius 1 is 1.14 bits per heavy atom. The number of carbonyl (C=O) groups excluding carboxylic acids is 3. The molecule has 0 radical (unpaired) electrons. The van der Waals surface area contributed by atoms with E-state index in [-0.39, 0.29) is 36.8 Å². The number of hydrogen-bond donors (Lipinski definition) is 2. The van der Waals surface area contributed by atoms with E-state index in [0.29, 0.717) is 23.7 Å². The van der Waals surface area contributed by atoms with Gasteiger partial charge >= 0.3 is 0 Å². The first-order valence-corrected chi connectivity index (χ1v) is 9.59. The molecule has 1 unspecified atom stereocenters. The van der Waals surface area contributed by atoms with E-state index in [2.05, 4.69) is 10.6 Å². The minimum atomic E-state index is -0.401. The molecule has 1 heterocycles. The van der Waals surface area contributed by atoms with Gasteiger partial charge < -0.3 is 25.0 Å². The van der Waals surface area contributed by atoms with Gasteiger partial charge in [-0.2, -0.15) is 0 Å². The minimum absolute atomic E-state index is 0.0475. The summed E-state index contributed by atoms with van der Waals surface area (Å²) in [6.07, 6.45) is 4.54. The number of amides is 3. The molecule has 1 atom stereocenters. The largest absolute Gasteiger partial charge is 0.497 e. The molecule has 2 N–H and O–H groups in total. The fourth-order valence-electron chi connectivity index (χ4n) is 3.89. The van der Waals surface area contributed by atoms with Crippen LogP contribution in [0.2, 0.25) is 0 Å². The average molecular weight is 389 g/mol. The molecule has 1 aromatic carbocycles. The van der Waals surface area contributed by atoms with E-state index in [1.807, 2.05) is 4.90 Å². The average Bonchev–Trinajstić information content (AvgIpc) is 3.32. The van der Waals surface area contributed by atoms with E-state index >= 15 is 0 Å².